The van der Waals surface area contributed by atoms with Crippen LogP contribution in [0.2, 0.25) is 0 Å². The summed E-state index contributed by atoms with van der Waals surface area (Å²) in [7, 11) is 1.82. The maximum absolute atomic E-state index is 14.2. The number of carbonyl (C=O) groups excluding carboxylic acids is 2. The molecule has 2 fully saturated rings. The standard InChI is InChI=1S/C44H52N10O6S/c1-25(2)39(44(58)53-23-31(55)20-35(53)43(57)47-26(3)28-10-12-29(13-11-28)41-27(4)46-24-61-41)37-22-38(51-60-37)59-19-18-52-16-14-30(15-17-52)54-34-21-33(32-8-6-7-9-36(32)56)48-49-40(34)42(45-5)50-54/h6-13,21-22,24-26,30-31,35,39,55-56H,14-20,23H2,1-5H3,(H,45,50)(H,47,57)/t26-,31+,35-,39+/m0/s1. The maximum Gasteiger partial charge on any atom is 0.254 e. The highest BCUT2D eigenvalue weighted by Gasteiger charge is 2.43. The van der Waals surface area contributed by atoms with Gasteiger partial charge in [0.05, 0.1) is 45.5 Å². The number of para-hydroxylation sites is 1. The van der Waals surface area contributed by atoms with Crippen LogP contribution in [-0.2, 0) is 9.59 Å². The van der Waals surface area contributed by atoms with E-state index in [0.717, 1.165) is 53.1 Å². The van der Waals surface area contributed by atoms with Crippen LogP contribution in [0.15, 0.2) is 70.7 Å². The molecular formula is C44H52N10O6S. The van der Waals surface area contributed by atoms with E-state index in [1.165, 1.54) is 4.90 Å². The monoisotopic (exact) mass is 848 g/mol. The molecule has 2 aliphatic rings. The number of hydrogen-bond donors (Lipinski definition) is 4. The third-order valence-electron chi connectivity index (χ3n) is 11.8. The van der Waals surface area contributed by atoms with E-state index in [1.807, 2.05) is 87.4 Å². The quantitative estimate of drug-likeness (QED) is 0.100. The fraction of sp³-hybridized carbons (Fsp3) is 0.432. The van der Waals surface area contributed by atoms with Crippen LogP contribution >= 0.6 is 11.3 Å². The van der Waals surface area contributed by atoms with Gasteiger partial charge in [-0.2, -0.15) is 5.10 Å². The van der Waals surface area contributed by atoms with Crippen LogP contribution in [0.4, 0.5) is 5.82 Å². The van der Waals surface area contributed by atoms with Crippen LogP contribution in [0.25, 0.3) is 32.7 Å². The van der Waals surface area contributed by atoms with Crippen LogP contribution in [-0.4, -0.2) is 114 Å². The van der Waals surface area contributed by atoms with Gasteiger partial charge >= 0.3 is 0 Å². The zero-order chi connectivity index (χ0) is 42.8. The van der Waals surface area contributed by atoms with Gasteiger partial charge in [0, 0.05) is 51.3 Å². The predicted octanol–water partition coefficient (Wildman–Crippen LogP) is 5.96. The number of rotatable bonds is 14. The Morgan fingerprint density at radius 3 is 2.52 bits per heavy atom. The van der Waals surface area contributed by atoms with Crippen molar-refractivity contribution >= 4 is 40.0 Å². The third kappa shape index (κ3) is 8.81. The summed E-state index contributed by atoms with van der Waals surface area (Å²) in [4.78, 5) is 37.2. The number of phenols is 1. The van der Waals surface area contributed by atoms with Crippen LogP contribution in [0, 0.1) is 12.8 Å². The fourth-order valence-electron chi connectivity index (χ4n) is 8.47. The van der Waals surface area contributed by atoms with Crippen molar-refractivity contribution in [2.45, 2.75) is 77.1 Å². The molecule has 320 valence electrons. The number of β-amino-alcohol motifs (C(OH)–C–C–N with tert-alkyl or cyclic N) is 1. The molecule has 0 saturated carbocycles. The Balaban J connectivity index is 0.854. The Bertz CT molecular complexity index is 2480. The number of likely N-dealkylation sites (tertiary alicyclic amines) is 2. The summed E-state index contributed by atoms with van der Waals surface area (Å²) in [6.07, 6.45) is 1.05. The third-order valence-corrected chi connectivity index (χ3v) is 12.8. The SMILES string of the molecule is CNc1nn(C2CCN(CCOc3cc([C@H](C(=O)N4C[C@H](O)C[C@H]4C(=O)N[C@@H](C)c4ccc(-c5scnc5C)cc4)C(C)C)on3)CC2)c2cc(-c3ccccc3O)nnc12. The molecule has 0 radical (unpaired) electrons. The Labute approximate surface area is 357 Å². The number of aromatic nitrogens is 6. The van der Waals surface area contributed by atoms with Crippen LogP contribution in [0.5, 0.6) is 11.6 Å². The van der Waals surface area contributed by atoms with Crippen LogP contribution in [0.1, 0.15) is 75.1 Å². The van der Waals surface area contributed by atoms with Crippen molar-refractivity contribution in [3.63, 3.8) is 0 Å². The summed E-state index contributed by atoms with van der Waals surface area (Å²) in [5.41, 5.74) is 7.53. The number of benzene rings is 2. The van der Waals surface area contributed by atoms with Gasteiger partial charge < -0.3 is 35.0 Å². The summed E-state index contributed by atoms with van der Waals surface area (Å²) < 4.78 is 13.8. The number of aryl methyl sites for hydroxylation is 1. The number of thiazole rings is 1. The normalized spacial score (nSPS) is 18.4. The molecular weight excluding hydrogens is 797 g/mol. The Kier molecular flexibility index (Phi) is 12.3. The zero-order valence-corrected chi connectivity index (χ0v) is 35.8. The molecule has 0 unspecified atom stereocenters. The van der Waals surface area contributed by atoms with Gasteiger partial charge in [-0.3, -0.25) is 19.2 Å². The first kappa shape index (κ1) is 41.8. The largest absolute Gasteiger partial charge is 0.507 e. The fourth-order valence-corrected chi connectivity index (χ4v) is 9.28. The van der Waals surface area contributed by atoms with Gasteiger partial charge in [0.25, 0.3) is 5.88 Å². The molecule has 2 saturated heterocycles. The van der Waals surface area contributed by atoms with E-state index in [4.69, 9.17) is 14.4 Å². The summed E-state index contributed by atoms with van der Waals surface area (Å²) in [5, 5.41) is 45.2. The minimum absolute atomic E-state index is 0.0479. The van der Waals surface area contributed by atoms with E-state index >= 15 is 0 Å². The predicted molar refractivity (Wildman–Crippen MR) is 231 cm³/mol. The first-order chi connectivity index (χ1) is 29.5. The lowest BCUT2D eigenvalue weighted by atomic mass is 9.91. The molecule has 4 N–H and O–H groups in total. The number of nitrogens with one attached hydrogen (secondary N) is 2. The van der Waals surface area contributed by atoms with E-state index in [1.54, 1.807) is 29.5 Å². The molecule has 6 aromatic rings. The topological polar surface area (TPSA) is 197 Å². The molecule has 2 aliphatic heterocycles. The highest BCUT2D eigenvalue weighted by Crippen LogP contribution is 2.35. The number of hydrogen-bond acceptors (Lipinski definition) is 14. The Hall–Kier alpha value is -5.91. The van der Waals surface area contributed by atoms with Gasteiger partial charge in [0.1, 0.15) is 24.3 Å². The molecule has 0 spiro atoms. The Morgan fingerprint density at radius 1 is 1.05 bits per heavy atom. The summed E-state index contributed by atoms with van der Waals surface area (Å²) in [5.74, 6) is -0.0974. The summed E-state index contributed by atoms with van der Waals surface area (Å²) in [6, 6.07) is 17.7. The number of aliphatic hydroxyl groups is 1. The maximum atomic E-state index is 14.2. The van der Waals surface area contributed by atoms with Crippen molar-refractivity contribution < 1.29 is 29.1 Å². The zero-order valence-electron chi connectivity index (χ0n) is 35.0. The lowest BCUT2D eigenvalue weighted by molar-refractivity contribution is -0.141. The second-order valence-electron chi connectivity index (χ2n) is 16.2. The number of piperidine rings is 1. The number of phenolic OH excluding ortho intramolecular Hbond substituents is 1. The molecule has 2 amide bonds. The number of amides is 2. The summed E-state index contributed by atoms with van der Waals surface area (Å²) in [6.45, 7) is 10.5. The van der Waals surface area contributed by atoms with E-state index in [2.05, 4.69) is 35.9 Å². The van der Waals surface area contributed by atoms with Gasteiger partial charge in [-0.25, -0.2) is 4.98 Å². The number of anilines is 1. The van der Waals surface area contributed by atoms with Gasteiger partial charge in [-0.05, 0) is 67.1 Å². The number of carbonyl (C=O) groups is 2. The van der Waals surface area contributed by atoms with Crippen molar-refractivity contribution in [1.29, 1.82) is 0 Å². The average molecular weight is 849 g/mol. The lowest BCUT2D eigenvalue weighted by Gasteiger charge is -2.32. The van der Waals surface area contributed by atoms with Crippen molar-refractivity contribution in [2.24, 2.45) is 5.92 Å². The van der Waals surface area contributed by atoms with Gasteiger partial charge in [-0.15, -0.1) is 21.5 Å². The summed E-state index contributed by atoms with van der Waals surface area (Å²) >= 11 is 1.59. The van der Waals surface area contributed by atoms with E-state index in [-0.39, 0.29) is 54.4 Å². The second kappa shape index (κ2) is 18.0. The number of aliphatic hydroxyl groups excluding tert-OH is 1. The molecule has 4 aromatic heterocycles. The Morgan fingerprint density at radius 2 is 1.82 bits per heavy atom. The molecule has 17 heteroatoms. The first-order valence-electron chi connectivity index (χ1n) is 20.8. The number of nitrogens with zero attached hydrogens (tertiary/aromatic N) is 8. The van der Waals surface area contributed by atoms with Crippen molar-refractivity contribution in [1.82, 2.24) is 45.2 Å². The van der Waals surface area contributed by atoms with Gasteiger partial charge in [0.2, 0.25) is 11.8 Å². The highest BCUT2D eigenvalue weighted by molar-refractivity contribution is 7.13. The second-order valence-corrected chi connectivity index (χ2v) is 17.1. The molecule has 2 aromatic carbocycles. The van der Waals surface area contributed by atoms with E-state index in [9.17, 15) is 19.8 Å². The molecule has 61 heavy (non-hydrogen) atoms. The lowest BCUT2D eigenvalue weighted by Crippen LogP contribution is -2.48. The van der Waals surface area contributed by atoms with Crippen LogP contribution in [0.3, 0.4) is 0 Å². The van der Waals surface area contributed by atoms with E-state index < -0.39 is 18.1 Å². The minimum Gasteiger partial charge on any atom is -0.507 e. The van der Waals surface area contributed by atoms with Crippen molar-refractivity contribution in [3.05, 3.63) is 83.2 Å². The van der Waals surface area contributed by atoms with Gasteiger partial charge in [0.15, 0.2) is 17.1 Å². The number of aromatic hydroxyl groups is 1. The number of fused-ring (bicyclic) bond motifs is 1. The van der Waals surface area contributed by atoms with Crippen LogP contribution < -0.4 is 15.4 Å². The van der Waals surface area contributed by atoms with Crippen molar-refractivity contribution in [2.75, 3.05) is 45.2 Å². The van der Waals surface area contributed by atoms with Gasteiger partial charge in [-0.1, -0.05) is 50.2 Å². The highest BCUT2D eigenvalue weighted by atomic mass is 32.1. The first-order valence-corrected chi connectivity index (χ1v) is 21.7. The van der Waals surface area contributed by atoms with Crippen molar-refractivity contribution in [3.8, 4) is 33.3 Å². The molecule has 0 aliphatic carbocycles. The molecule has 6 heterocycles. The molecule has 16 nitrogen and oxygen atoms in total. The average Bonchev–Trinajstić information content (AvgIpc) is 4.07. The molecule has 8 rings (SSSR count). The van der Waals surface area contributed by atoms with E-state index in [0.29, 0.717) is 41.5 Å². The molecule has 0 bridgehead atoms. The minimum atomic E-state index is -0.833. The smallest absolute Gasteiger partial charge is 0.254 e. The number of ether oxygens (including phenoxy) is 1. The molecule has 4 atom stereocenters.